The minimum absolute atomic E-state index is 0.0936. The van der Waals surface area contributed by atoms with Gasteiger partial charge in [0.15, 0.2) is 12.6 Å². The number of rotatable bonds is 7. The van der Waals surface area contributed by atoms with Crippen molar-refractivity contribution in [3.63, 3.8) is 0 Å². The van der Waals surface area contributed by atoms with Crippen LogP contribution in [0.15, 0.2) is 0 Å². The number of esters is 1. The minimum atomic E-state index is -1.99. The molecule has 3 heterocycles. The summed E-state index contributed by atoms with van der Waals surface area (Å²) in [5, 5.41) is 57.6. The predicted octanol–water partition coefficient (Wildman–Crippen LogP) is 1.79. The molecule has 3 aliphatic rings. The molecule has 0 aromatic carbocycles. The SMILES string of the molecule is CC[C@H]1OC(=O)[C@H](C)[C@@H](O[C@H]2C[C@@](C)(OC)[C@@H](O)[C@@H](C)O2)[C@H](C)[C@@H](O[C@@H]2O[C@H](C)C[C@@H](N(C)C)[C@@H]2O)[C@](C)(O)C[C@@H](C)C(=O)[C@H](C)[C@@H](O)[C@]1(C)O. The number of carbonyl (C=O) groups is 2. The number of aliphatic hydroxyl groups excluding tert-OH is 3. The Morgan fingerprint density at radius 1 is 0.882 bits per heavy atom. The van der Waals surface area contributed by atoms with Crippen LogP contribution in [0, 0.1) is 23.7 Å². The number of hydrogen-bond acceptors (Lipinski definition) is 14. The van der Waals surface area contributed by atoms with E-state index in [0.29, 0.717) is 6.42 Å². The third-order valence-corrected chi connectivity index (χ3v) is 11.8. The highest BCUT2D eigenvalue weighted by Crippen LogP contribution is 2.40. The number of Topliss-reactive ketones (excluding diaryl/α,β-unsaturated/α-hetero) is 1. The van der Waals surface area contributed by atoms with Crippen LogP contribution in [0.4, 0.5) is 0 Å². The van der Waals surface area contributed by atoms with Gasteiger partial charge in [-0.2, -0.15) is 0 Å². The third kappa shape index (κ3) is 9.51. The van der Waals surface area contributed by atoms with Gasteiger partial charge in [0.25, 0.3) is 0 Å². The van der Waals surface area contributed by atoms with Gasteiger partial charge in [-0.05, 0) is 74.9 Å². The van der Waals surface area contributed by atoms with Crippen LogP contribution >= 0.6 is 0 Å². The smallest absolute Gasteiger partial charge is 0.311 e. The second-order valence-electron chi connectivity index (χ2n) is 16.5. The largest absolute Gasteiger partial charge is 0.459 e. The summed E-state index contributed by atoms with van der Waals surface area (Å²) >= 11 is 0. The molecule has 0 bridgehead atoms. The Hall–Kier alpha value is -1.30. The second kappa shape index (κ2) is 17.0. The van der Waals surface area contributed by atoms with Crippen molar-refractivity contribution in [1.29, 1.82) is 0 Å². The summed E-state index contributed by atoms with van der Waals surface area (Å²) in [6, 6.07) is -0.324. The molecule has 0 aromatic rings. The first-order valence-electron chi connectivity index (χ1n) is 18.5. The van der Waals surface area contributed by atoms with Crippen LogP contribution in [-0.4, -0.2) is 148 Å². The van der Waals surface area contributed by atoms with E-state index in [4.69, 9.17) is 28.4 Å². The molecule has 0 amide bonds. The zero-order chi connectivity index (χ0) is 39.0. The van der Waals surface area contributed by atoms with Crippen molar-refractivity contribution in [2.24, 2.45) is 23.7 Å². The van der Waals surface area contributed by atoms with Crippen LogP contribution in [0.25, 0.3) is 0 Å². The molecule has 0 unspecified atom stereocenters. The number of methoxy groups -OCH3 is 1. The number of likely N-dealkylation sites (N-methyl/N-ethyl adjacent to an activating group) is 1. The van der Waals surface area contributed by atoms with Gasteiger partial charge < -0.3 is 58.9 Å². The lowest BCUT2D eigenvalue weighted by Gasteiger charge is -2.49. The molecular weight excluding hydrogens is 666 g/mol. The second-order valence-corrected chi connectivity index (χ2v) is 16.5. The van der Waals surface area contributed by atoms with Crippen LogP contribution in [0.2, 0.25) is 0 Å². The van der Waals surface area contributed by atoms with Crippen molar-refractivity contribution in [2.45, 2.75) is 179 Å². The van der Waals surface area contributed by atoms with E-state index in [1.165, 1.54) is 27.9 Å². The van der Waals surface area contributed by atoms with Gasteiger partial charge in [-0.3, -0.25) is 9.59 Å². The van der Waals surface area contributed by atoms with Gasteiger partial charge in [-0.15, -0.1) is 0 Å². The molecule has 298 valence electrons. The molecule has 0 aliphatic carbocycles. The van der Waals surface area contributed by atoms with Crippen molar-refractivity contribution in [3.8, 4) is 0 Å². The van der Waals surface area contributed by atoms with Gasteiger partial charge in [0.05, 0.1) is 47.6 Å². The van der Waals surface area contributed by atoms with Crippen LogP contribution in [0.1, 0.15) is 94.9 Å². The Labute approximate surface area is 304 Å². The number of cyclic esters (lactones) is 1. The standard InChI is InChI=1S/C37H67NO13/c1-14-25-37(10,45)30(41)20(4)27(39)18(2)16-35(8,44)32(51-34-28(40)24(38(11)12)15-19(3)47-34)21(5)29(22(6)33(43)49-25)50-26-17-36(9,46-13)31(42)23(7)48-26/h18-26,28-32,34,40-42,44-45H,14-17H2,1-13H3/t18-,19-,20+,21+,22-,23-,24-,25-,26+,28+,29+,30-,31+,32-,34+,35-,36-,37-/m1/s1. The van der Waals surface area contributed by atoms with Gasteiger partial charge in [0.2, 0.25) is 0 Å². The highest BCUT2D eigenvalue weighted by molar-refractivity contribution is 5.83. The molecule has 18 atom stereocenters. The molecule has 3 saturated heterocycles. The Kier molecular flexibility index (Phi) is 14.7. The maximum absolute atomic E-state index is 14.1. The monoisotopic (exact) mass is 733 g/mol. The van der Waals surface area contributed by atoms with Gasteiger partial charge >= 0.3 is 5.97 Å². The molecule has 3 rings (SSSR count). The lowest BCUT2D eigenvalue weighted by atomic mass is 9.74. The summed E-state index contributed by atoms with van der Waals surface area (Å²) in [5.41, 5.74) is -4.84. The summed E-state index contributed by atoms with van der Waals surface area (Å²) in [6.45, 7) is 16.3. The molecule has 0 saturated carbocycles. The number of aliphatic hydroxyl groups is 5. The van der Waals surface area contributed by atoms with Crippen molar-refractivity contribution in [2.75, 3.05) is 21.2 Å². The number of hydrogen-bond donors (Lipinski definition) is 5. The van der Waals surface area contributed by atoms with Crippen molar-refractivity contribution in [3.05, 3.63) is 0 Å². The minimum Gasteiger partial charge on any atom is -0.459 e. The Morgan fingerprint density at radius 2 is 1.49 bits per heavy atom. The van der Waals surface area contributed by atoms with E-state index >= 15 is 0 Å². The highest BCUT2D eigenvalue weighted by Gasteiger charge is 2.53. The Bertz CT molecular complexity index is 1170. The fourth-order valence-corrected chi connectivity index (χ4v) is 8.41. The number of ketones is 1. The van der Waals surface area contributed by atoms with Crippen molar-refractivity contribution in [1.82, 2.24) is 4.90 Å². The maximum Gasteiger partial charge on any atom is 0.311 e. The number of ether oxygens (including phenoxy) is 6. The molecular formula is C37H67NO13. The van der Waals surface area contributed by atoms with Crippen molar-refractivity contribution >= 4 is 11.8 Å². The Morgan fingerprint density at radius 3 is 2.04 bits per heavy atom. The van der Waals surface area contributed by atoms with Gasteiger partial charge in [-0.25, -0.2) is 0 Å². The van der Waals surface area contributed by atoms with Gasteiger partial charge in [-0.1, -0.05) is 27.7 Å². The molecule has 3 aliphatic heterocycles. The van der Waals surface area contributed by atoms with Crippen LogP contribution in [0.5, 0.6) is 0 Å². The molecule has 0 aromatic heterocycles. The molecule has 14 heteroatoms. The summed E-state index contributed by atoms with van der Waals surface area (Å²) in [4.78, 5) is 29.8. The summed E-state index contributed by atoms with van der Waals surface area (Å²) in [7, 11) is 5.18. The number of carbonyl (C=O) groups excluding carboxylic acids is 2. The first-order valence-corrected chi connectivity index (χ1v) is 18.5. The zero-order valence-electron chi connectivity index (χ0n) is 32.9. The van der Waals surface area contributed by atoms with E-state index < -0.39 is 108 Å². The molecule has 0 radical (unpaired) electrons. The van der Waals surface area contributed by atoms with Gasteiger partial charge in [0.1, 0.15) is 29.7 Å². The van der Waals surface area contributed by atoms with E-state index in [9.17, 15) is 35.1 Å². The van der Waals surface area contributed by atoms with Crippen molar-refractivity contribution < 1.29 is 63.5 Å². The molecule has 14 nitrogen and oxygen atoms in total. The van der Waals surface area contributed by atoms with Gasteiger partial charge in [0, 0.05) is 37.3 Å². The quantitative estimate of drug-likeness (QED) is 0.238. The van der Waals surface area contributed by atoms with Crippen LogP contribution in [0.3, 0.4) is 0 Å². The normalized spacial score (nSPS) is 49.7. The third-order valence-electron chi connectivity index (χ3n) is 11.8. The Balaban J connectivity index is 2.18. The van der Waals surface area contributed by atoms with Crippen LogP contribution < -0.4 is 0 Å². The first kappa shape index (κ1) is 44.1. The maximum atomic E-state index is 14.1. The molecule has 5 N–H and O–H groups in total. The van der Waals surface area contributed by atoms with E-state index in [2.05, 4.69) is 0 Å². The molecule has 3 fully saturated rings. The topological polar surface area (TPSA) is 194 Å². The van der Waals surface area contributed by atoms with E-state index in [0.717, 1.165) is 0 Å². The van der Waals surface area contributed by atoms with E-state index in [-0.39, 0.29) is 31.4 Å². The fourth-order valence-electron chi connectivity index (χ4n) is 8.41. The zero-order valence-corrected chi connectivity index (χ0v) is 32.9. The van der Waals surface area contributed by atoms with Crippen LogP contribution in [-0.2, 0) is 38.0 Å². The average Bonchev–Trinajstić information content (AvgIpc) is 3.05. The highest BCUT2D eigenvalue weighted by atomic mass is 16.7. The fraction of sp³-hybridized carbons (Fsp3) is 0.946. The predicted molar refractivity (Wildman–Crippen MR) is 186 cm³/mol. The summed E-state index contributed by atoms with van der Waals surface area (Å²) < 4.78 is 37.1. The molecule has 0 spiro atoms. The lowest BCUT2D eigenvalue weighted by Crippen LogP contribution is -2.61. The molecule has 51 heavy (non-hydrogen) atoms. The summed E-state index contributed by atoms with van der Waals surface area (Å²) in [5.74, 6) is -4.98. The lowest BCUT2D eigenvalue weighted by molar-refractivity contribution is -0.318. The number of nitrogens with zero attached hydrogens (tertiary/aromatic N) is 1. The first-order chi connectivity index (χ1) is 23.4. The van der Waals surface area contributed by atoms with E-state index in [1.54, 1.807) is 41.5 Å². The van der Waals surface area contributed by atoms with E-state index in [1.807, 2.05) is 25.9 Å². The average molecular weight is 734 g/mol. The summed E-state index contributed by atoms with van der Waals surface area (Å²) in [6.07, 6.45) is -9.71.